The van der Waals surface area contributed by atoms with Gasteiger partial charge in [-0.3, -0.25) is 4.79 Å². The number of hydrogen-bond donors (Lipinski definition) is 2. The Balaban J connectivity index is 4.81. The fourth-order valence-corrected chi connectivity index (χ4v) is 3.47. The molecule has 1 atom stereocenters. The lowest BCUT2D eigenvalue weighted by Crippen LogP contribution is -2.50. The predicted molar refractivity (Wildman–Crippen MR) is 78.6 cm³/mol. The van der Waals surface area contributed by atoms with Gasteiger partial charge in [-0.2, -0.15) is 0 Å². The van der Waals surface area contributed by atoms with E-state index in [4.69, 9.17) is 5.73 Å². The monoisotopic (exact) mass is 292 g/mol. The Morgan fingerprint density at radius 2 is 1.74 bits per heavy atom. The number of nitrogens with one attached hydrogen (secondary N) is 1. The summed E-state index contributed by atoms with van der Waals surface area (Å²) in [6, 6.07) is -0.387. The van der Waals surface area contributed by atoms with E-state index in [-0.39, 0.29) is 17.7 Å². The topological polar surface area (TPSA) is 89.3 Å². The fourth-order valence-electron chi connectivity index (χ4n) is 2.48. The standard InChI is InChI=1S/C13H28N2O3S/c1-5-7-13(10-14,8-6-2)12(16)15-11(3)9-19(4,17)18/h11H,5-10,14H2,1-4H3,(H,15,16). The third-order valence-electron chi connectivity index (χ3n) is 3.26. The molecule has 0 spiro atoms. The Hall–Kier alpha value is -0.620. The molecule has 3 N–H and O–H groups in total. The normalized spacial score (nSPS) is 14.2. The molecule has 6 heteroatoms. The van der Waals surface area contributed by atoms with Gasteiger partial charge in [0, 0.05) is 18.8 Å². The SMILES string of the molecule is CCCC(CN)(CCC)C(=O)NC(C)CS(C)(=O)=O. The van der Waals surface area contributed by atoms with Gasteiger partial charge in [-0.05, 0) is 19.8 Å². The molecule has 19 heavy (non-hydrogen) atoms. The van der Waals surface area contributed by atoms with E-state index in [2.05, 4.69) is 5.32 Å². The highest BCUT2D eigenvalue weighted by atomic mass is 32.2. The molecule has 0 rings (SSSR count). The average molecular weight is 292 g/mol. The Kier molecular flexibility index (Phi) is 7.59. The minimum absolute atomic E-state index is 0.0440. The van der Waals surface area contributed by atoms with Gasteiger partial charge in [0.05, 0.1) is 11.2 Å². The van der Waals surface area contributed by atoms with Crippen LogP contribution in [0.1, 0.15) is 46.5 Å². The van der Waals surface area contributed by atoms with Crippen LogP contribution in [0.15, 0.2) is 0 Å². The number of carbonyl (C=O) groups excluding carboxylic acids is 1. The molecular formula is C13H28N2O3S. The van der Waals surface area contributed by atoms with Crippen molar-refractivity contribution in [3.8, 4) is 0 Å². The molecule has 0 saturated heterocycles. The lowest BCUT2D eigenvalue weighted by Gasteiger charge is -2.32. The Labute approximate surface area is 117 Å². The van der Waals surface area contributed by atoms with Gasteiger partial charge in [0.2, 0.25) is 5.91 Å². The van der Waals surface area contributed by atoms with Crippen LogP contribution in [-0.4, -0.2) is 38.9 Å². The molecule has 0 heterocycles. The second kappa shape index (κ2) is 7.85. The Bertz CT molecular complexity index is 373. The van der Waals surface area contributed by atoms with Gasteiger partial charge in [0.25, 0.3) is 0 Å². The Morgan fingerprint density at radius 1 is 1.26 bits per heavy atom. The van der Waals surface area contributed by atoms with Crippen molar-refractivity contribution in [1.82, 2.24) is 5.32 Å². The highest BCUT2D eigenvalue weighted by molar-refractivity contribution is 7.90. The molecule has 1 unspecified atom stereocenters. The zero-order chi connectivity index (χ0) is 15.1. The van der Waals surface area contributed by atoms with Gasteiger partial charge in [0.15, 0.2) is 0 Å². The molecule has 0 aliphatic carbocycles. The van der Waals surface area contributed by atoms with Gasteiger partial charge in [-0.25, -0.2) is 8.42 Å². The van der Waals surface area contributed by atoms with Crippen molar-refractivity contribution in [2.75, 3.05) is 18.6 Å². The summed E-state index contributed by atoms with van der Waals surface area (Å²) in [6.45, 7) is 6.05. The summed E-state index contributed by atoms with van der Waals surface area (Å²) >= 11 is 0. The number of nitrogens with two attached hydrogens (primary N) is 1. The zero-order valence-electron chi connectivity index (χ0n) is 12.5. The van der Waals surface area contributed by atoms with E-state index >= 15 is 0 Å². The summed E-state index contributed by atoms with van der Waals surface area (Å²) in [5.41, 5.74) is 5.24. The third kappa shape index (κ3) is 6.38. The van der Waals surface area contributed by atoms with Gasteiger partial charge in [-0.15, -0.1) is 0 Å². The summed E-state index contributed by atoms with van der Waals surface area (Å²) in [6.07, 6.45) is 4.39. The summed E-state index contributed by atoms with van der Waals surface area (Å²) in [7, 11) is -3.09. The van der Waals surface area contributed by atoms with Crippen molar-refractivity contribution in [2.24, 2.45) is 11.1 Å². The van der Waals surface area contributed by atoms with E-state index in [1.807, 2.05) is 13.8 Å². The van der Waals surface area contributed by atoms with Crippen LogP contribution in [-0.2, 0) is 14.6 Å². The van der Waals surface area contributed by atoms with Crippen LogP contribution in [0.5, 0.6) is 0 Å². The molecule has 0 aromatic rings. The first-order valence-electron chi connectivity index (χ1n) is 6.89. The molecule has 0 radical (unpaired) electrons. The first kappa shape index (κ1) is 18.4. The molecule has 114 valence electrons. The third-order valence-corrected chi connectivity index (χ3v) is 4.37. The van der Waals surface area contributed by atoms with E-state index in [9.17, 15) is 13.2 Å². The summed E-state index contributed by atoms with van der Waals surface area (Å²) in [4.78, 5) is 12.4. The second-order valence-corrected chi connectivity index (χ2v) is 7.64. The molecule has 0 aromatic carbocycles. The molecular weight excluding hydrogens is 264 g/mol. The molecule has 0 aromatic heterocycles. The average Bonchev–Trinajstić information content (AvgIpc) is 2.25. The first-order chi connectivity index (χ1) is 8.70. The smallest absolute Gasteiger partial charge is 0.227 e. The number of hydrogen-bond acceptors (Lipinski definition) is 4. The molecule has 0 saturated carbocycles. The first-order valence-corrected chi connectivity index (χ1v) is 8.95. The van der Waals surface area contributed by atoms with Crippen LogP contribution < -0.4 is 11.1 Å². The van der Waals surface area contributed by atoms with Crippen molar-refractivity contribution in [1.29, 1.82) is 0 Å². The van der Waals surface area contributed by atoms with Crippen molar-refractivity contribution in [3.05, 3.63) is 0 Å². The molecule has 0 bridgehead atoms. The van der Waals surface area contributed by atoms with Gasteiger partial charge in [-0.1, -0.05) is 26.7 Å². The van der Waals surface area contributed by atoms with Crippen molar-refractivity contribution in [2.45, 2.75) is 52.5 Å². The maximum atomic E-state index is 12.4. The van der Waals surface area contributed by atoms with Crippen molar-refractivity contribution in [3.63, 3.8) is 0 Å². The van der Waals surface area contributed by atoms with Crippen LogP contribution >= 0.6 is 0 Å². The fraction of sp³-hybridized carbons (Fsp3) is 0.923. The van der Waals surface area contributed by atoms with E-state index < -0.39 is 15.3 Å². The molecule has 0 fully saturated rings. The minimum Gasteiger partial charge on any atom is -0.352 e. The lowest BCUT2D eigenvalue weighted by molar-refractivity contribution is -0.132. The number of rotatable bonds is 9. The number of amides is 1. The van der Waals surface area contributed by atoms with Crippen LogP contribution in [0.2, 0.25) is 0 Å². The van der Waals surface area contributed by atoms with Crippen molar-refractivity contribution < 1.29 is 13.2 Å². The van der Waals surface area contributed by atoms with Gasteiger partial charge in [0.1, 0.15) is 9.84 Å². The van der Waals surface area contributed by atoms with Crippen LogP contribution in [0.4, 0.5) is 0 Å². The highest BCUT2D eigenvalue weighted by Gasteiger charge is 2.35. The zero-order valence-corrected chi connectivity index (χ0v) is 13.3. The molecule has 0 aliphatic rings. The van der Waals surface area contributed by atoms with E-state index in [0.29, 0.717) is 6.54 Å². The van der Waals surface area contributed by atoms with Crippen LogP contribution in [0.3, 0.4) is 0 Å². The maximum Gasteiger partial charge on any atom is 0.227 e. The van der Waals surface area contributed by atoms with Gasteiger partial charge >= 0.3 is 0 Å². The summed E-state index contributed by atoms with van der Waals surface area (Å²) < 4.78 is 22.4. The van der Waals surface area contributed by atoms with Gasteiger partial charge < -0.3 is 11.1 Å². The molecule has 1 amide bonds. The van der Waals surface area contributed by atoms with Crippen molar-refractivity contribution >= 4 is 15.7 Å². The van der Waals surface area contributed by atoms with E-state index in [1.165, 1.54) is 6.26 Å². The van der Waals surface area contributed by atoms with E-state index in [0.717, 1.165) is 25.7 Å². The number of sulfone groups is 1. The second-order valence-electron chi connectivity index (χ2n) is 5.45. The highest BCUT2D eigenvalue weighted by Crippen LogP contribution is 2.29. The summed E-state index contributed by atoms with van der Waals surface area (Å²) in [5.74, 6) is -0.160. The van der Waals surface area contributed by atoms with E-state index in [1.54, 1.807) is 6.92 Å². The summed E-state index contributed by atoms with van der Waals surface area (Å²) in [5, 5.41) is 2.80. The Morgan fingerprint density at radius 3 is 2.05 bits per heavy atom. The molecule has 0 aliphatic heterocycles. The van der Waals surface area contributed by atoms with Crippen LogP contribution in [0, 0.1) is 5.41 Å². The number of carbonyl (C=O) groups is 1. The maximum absolute atomic E-state index is 12.4. The minimum atomic E-state index is -3.09. The predicted octanol–water partition coefficient (Wildman–Crippen LogP) is 1.08. The lowest BCUT2D eigenvalue weighted by atomic mass is 9.78. The van der Waals surface area contributed by atoms with Crippen LogP contribution in [0.25, 0.3) is 0 Å². The largest absolute Gasteiger partial charge is 0.352 e. The quantitative estimate of drug-likeness (QED) is 0.665. The molecule has 5 nitrogen and oxygen atoms in total.